The van der Waals surface area contributed by atoms with E-state index in [1.165, 1.54) is 0 Å². The molecule has 0 aromatic carbocycles. The normalized spacial score (nSPS) is 10.7. The zero-order chi connectivity index (χ0) is 7.84. The van der Waals surface area contributed by atoms with Crippen molar-refractivity contribution in [1.82, 2.24) is 14.8 Å². The van der Waals surface area contributed by atoms with E-state index in [9.17, 15) is 0 Å². The molecule has 0 atom stereocenters. The molecule has 0 saturated heterocycles. The van der Waals surface area contributed by atoms with Gasteiger partial charge in [-0.3, -0.25) is 0 Å². The van der Waals surface area contributed by atoms with Crippen LogP contribution in [0.15, 0.2) is 18.3 Å². The zero-order valence-corrected chi connectivity index (χ0v) is 6.71. The van der Waals surface area contributed by atoms with E-state index in [0.717, 1.165) is 11.0 Å². The van der Waals surface area contributed by atoms with Crippen molar-refractivity contribution in [3.63, 3.8) is 0 Å². The van der Waals surface area contributed by atoms with Crippen molar-refractivity contribution in [1.29, 1.82) is 0 Å². The lowest BCUT2D eigenvalue weighted by atomic mass is 10.4. The Balaban J connectivity index is 2.87. The summed E-state index contributed by atoms with van der Waals surface area (Å²) in [6.07, 6.45) is 1.93. The summed E-state index contributed by atoms with van der Waals surface area (Å²) in [5, 5.41) is 8.05. The van der Waals surface area contributed by atoms with Crippen LogP contribution in [0.2, 0.25) is 5.15 Å². The minimum Gasteiger partial charge on any atom is -0.349 e. The Morgan fingerprint density at radius 3 is 3.09 bits per heavy atom. The SMILES string of the molecule is Cn1ccc2nnc(Cl)cc21. The van der Waals surface area contributed by atoms with Gasteiger partial charge in [0.05, 0.1) is 5.52 Å². The lowest BCUT2D eigenvalue weighted by Crippen LogP contribution is -1.87. The molecule has 0 fully saturated rings. The Hall–Kier alpha value is -1.09. The Labute approximate surface area is 68.6 Å². The van der Waals surface area contributed by atoms with E-state index >= 15 is 0 Å². The molecule has 0 spiro atoms. The summed E-state index contributed by atoms with van der Waals surface area (Å²) < 4.78 is 1.95. The van der Waals surface area contributed by atoms with Crippen LogP contribution in [-0.4, -0.2) is 14.8 Å². The van der Waals surface area contributed by atoms with Crippen molar-refractivity contribution in [2.24, 2.45) is 7.05 Å². The van der Waals surface area contributed by atoms with Gasteiger partial charge in [-0.15, -0.1) is 10.2 Å². The highest BCUT2D eigenvalue weighted by atomic mass is 35.5. The van der Waals surface area contributed by atoms with Gasteiger partial charge in [-0.25, -0.2) is 0 Å². The van der Waals surface area contributed by atoms with Gasteiger partial charge >= 0.3 is 0 Å². The molecule has 2 heterocycles. The fraction of sp³-hybridized carbons (Fsp3) is 0.143. The van der Waals surface area contributed by atoms with Crippen LogP contribution in [-0.2, 0) is 7.05 Å². The zero-order valence-electron chi connectivity index (χ0n) is 5.95. The average Bonchev–Trinajstić information content (AvgIpc) is 2.33. The number of fused-ring (bicyclic) bond motifs is 1. The lowest BCUT2D eigenvalue weighted by Gasteiger charge is -1.93. The van der Waals surface area contributed by atoms with E-state index in [0.29, 0.717) is 5.15 Å². The molecule has 0 amide bonds. The maximum atomic E-state index is 5.66. The second-order valence-electron chi connectivity index (χ2n) is 2.36. The highest BCUT2D eigenvalue weighted by Crippen LogP contribution is 2.13. The summed E-state index contributed by atoms with van der Waals surface area (Å²) in [5.74, 6) is 0. The van der Waals surface area contributed by atoms with E-state index < -0.39 is 0 Å². The van der Waals surface area contributed by atoms with Crippen LogP contribution < -0.4 is 0 Å². The molecule has 2 aromatic rings. The number of halogens is 1. The van der Waals surface area contributed by atoms with Crippen molar-refractivity contribution >= 4 is 22.6 Å². The topological polar surface area (TPSA) is 30.7 Å². The third-order valence-corrected chi connectivity index (χ3v) is 1.79. The standard InChI is InChI=1S/C7H6ClN3/c1-11-3-2-5-6(11)4-7(8)10-9-5/h2-4H,1H3. The van der Waals surface area contributed by atoms with Gasteiger partial charge in [0, 0.05) is 19.3 Å². The summed E-state index contributed by atoms with van der Waals surface area (Å²) in [6.45, 7) is 0. The maximum Gasteiger partial charge on any atom is 0.153 e. The molecule has 3 nitrogen and oxygen atoms in total. The third-order valence-electron chi connectivity index (χ3n) is 1.61. The van der Waals surface area contributed by atoms with Gasteiger partial charge in [0.2, 0.25) is 0 Å². The Morgan fingerprint density at radius 2 is 2.27 bits per heavy atom. The van der Waals surface area contributed by atoms with Crippen LogP contribution in [0, 0.1) is 0 Å². The number of hydrogen-bond donors (Lipinski definition) is 0. The first-order valence-electron chi connectivity index (χ1n) is 3.21. The van der Waals surface area contributed by atoms with Gasteiger partial charge in [0.25, 0.3) is 0 Å². The molecular weight excluding hydrogens is 162 g/mol. The van der Waals surface area contributed by atoms with E-state index in [-0.39, 0.29) is 0 Å². The minimum absolute atomic E-state index is 0.430. The molecular formula is C7H6ClN3. The summed E-state index contributed by atoms with van der Waals surface area (Å²) >= 11 is 5.66. The van der Waals surface area contributed by atoms with E-state index in [1.807, 2.05) is 23.9 Å². The van der Waals surface area contributed by atoms with Gasteiger partial charge in [-0.1, -0.05) is 11.6 Å². The first kappa shape index (κ1) is 6.61. The predicted molar refractivity (Wildman–Crippen MR) is 43.5 cm³/mol. The molecule has 0 radical (unpaired) electrons. The Bertz CT molecular complexity index is 393. The number of rotatable bonds is 0. The quantitative estimate of drug-likeness (QED) is 0.597. The van der Waals surface area contributed by atoms with Crippen LogP contribution in [0.4, 0.5) is 0 Å². The number of hydrogen-bond acceptors (Lipinski definition) is 2. The highest BCUT2D eigenvalue weighted by Gasteiger charge is 1.99. The lowest BCUT2D eigenvalue weighted by molar-refractivity contribution is 0.962. The Kier molecular flexibility index (Phi) is 1.32. The summed E-state index contributed by atoms with van der Waals surface area (Å²) in [5.41, 5.74) is 1.88. The summed E-state index contributed by atoms with van der Waals surface area (Å²) in [7, 11) is 1.94. The number of nitrogens with zero attached hydrogens (tertiary/aromatic N) is 3. The average molecular weight is 168 g/mol. The maximum absolute atomic E-state index is 5.66. The molecule has 4 heteroatoms. The van der Waals surface area contributed by atoms with Gasteiger partial charge in [0.1, 0.15) is 5.52 Å². The second kappa shape index (κ2) is 2.20. The van der Waals surface area contributed by atoms with Crippen molar-refractivity contribution in [3.05, 3.63) is 23.5 Å². The smallest absolute Gasteiger partial charge is 0.153 e. The molecule has 56 valence electrons. The van der Waals surface area contributed by atoms with Crippen LogP contribution >= 0.6 is 11.6 Å². The number of aromatic nitrogens is 3. The molecule has 0 aliphatic rings. The summed E-state index contributed by atoms with van der Waals surface area (Å²) in [4.78, 5) is 0. The van der Waals surface area contributed by atoms with Crippen molar-refractivity contribution in [2.75, 3.05) is 0 Å². The molecule has 0 saturated carbocycles. The molecule has 0 aliphatic carbocycles. The molecule has 0 unspecified atom stereocenters. The predicted octanol–water partition coefficient (Wildman–Crippen LogP) is 1.62. The molecule has 2 rings (SSSR count). The fourth-order valence-electron chi connectivity index (χ4n) is 1.03. The monoisotopic (exact) mass is 167 g/mol. The van der Waals surface area contributed by atoms with Crippen LogP contribution in [0.3, 0.4) is 0 Å². The molecule has 11 heavy (non-hydrogen) atoms. The molecule has 0 aliphatic heterocycles. The first-order chi connectivity index (χ1) is 5.27. The highest BCUT2D eigenvalue weighted by molar-refractivity contribution is 6.29. The largest absolute Gasteiger partial charge is 0.349 e. The van der Waals surface area contributed by atoms with Crippen LogP contribution in [0.1, 0.15) is 0 Å². The molecule has 2 aromatic heterocycles. The van der Waals surface area contributed by atoms with Crippen LogP contribution in [0.25, 0.3) is 11.0 Å². The van der Waals surface area contributed by atoms with E-state index in [1.54, 1.807) is 6.07 Å². The van der Waals surface area contributed by atoms with E-state index in [2.05, 4.69) is 10.2 Å². The van der Waals surface area contributed by atoms with Crippen molar-refractivity contribution < 1.29 is 0 Å². The van der Waals surface area contributed by atoms with Crippen molar-refractivity contribution in [3.8, 4) is 0 Å². The van der Waals surface area contributed by atoms with E-state index in [4.69, 9.17) is 11.6 Å². The number of aryl methyl sites for hydroxylation is 1. The van der Waals surface area contributed by atoms with Gasteiger partial charge < -0.3 is 4.57 Å². The van der Waals surface area contributed by atoms with Gasteiger partial charge in [-0.05, 0) is 6.07 Å². The summed E-state index contributed by atoms with van der Waals surface area (Å²) in [6, 6.07) is 3.70. The minimum atomic E-state index is 0.430. The first-order valence-corrected chi connectivity index (χ1v) is 3.59. The van der Waals surface area contributed by atoms with Gasteiger partial charge in [-0.2, -0.15) is 0 Å². The second-order valence-corrected chi connectivity index (χ2v) is 2.75. The fourth-order valence-corrected chi connectivity index (χ4v) is 1.17. The Morgan fingerprint density at radius 1 is 1.45 bits per heavy atom. The van der Waals surface area contributed by atoms with Gasteiger partial charge in [0.15, 0.2) is 5.15 Å². The molecule has 0 N–H and O–H groups in total. The van der Waals surface area contributed by atoms with Crippen molar-refractivity contribution in [2.45, 2.75) is 0 Å². The van der Waals surface area contributed by atoms with Crippen LogP contribution in [0.5, 0.6) is 0 Å². The third kappa shape index (κ3) is 0.973. The molecule has 0 bridgehead atoms.